The maximum Gasteiger partial charge on any atom is 0.0743 e. The van der Waals surface area contributed by atoms with Gasteiger partial charge in [0.05, 0.1) is 6.10 Å². The zero-order valence-electron chi connectivity index (χ0n) is 4.64. The van der Waals surface area contributed by atoms with Gasteiger partial charge in [-0.15, -0.1) is 0 Å². The quantitative estimate of drug-likeness (QED) is 0.510. The maximum absolute atomic E-state index is 5.42. The molecule has 2 aliphatic rings. The van der Waals surface area contributed by atoms with Crippen LogP contribution in [0.5, 0.6) is 0 Å². The van der Waals surface area contributed by atoms with Crippen LogP contribution in [0.3, 0.4) is 0 Å². The summed E-state index contributed by atoms with van der Waals surface area (Å²) < 4.78 is 5.42. The summed E-state index contributed by atoms with van der Waals surface area (Å²) >= 11 is 3.55. The van der Waals surface area contributed by atoms with Crippen LogP contribution in [-0.2, 0) is 4.74 Å². The number of hydrogen-bond donors (Lipinski definition) is 0. The van der Waals surface area contributed by atoms with Crippen LogP contribution in [-0.4, -0.2) is 17.5 Å². The Kier molecular flexibility index (Phi) is 1.12. The standard InChI is InChI=1S/C6H9BrO/c7-5-4-2-1-3-8-6(4)5/h4-6H,1-3H2/t4-,5-,6-/m1/s1. The summed E-state index contributed by atoms with van der Waals surface area (Å²) in [7, 11) is 0. The minimum Gasteiger partial charge on any atom is -0.377 e. The van der Waals surface area contributed by atoms with E-state index in [0.717, 1.165) is 12.5 Å². The van der Waals surface area contributed by atoms with E-state index in [1.54, 1.807) is 0 Å². The van der Waals surface area contributed by atoms with Crippen molar-refractivity contribution in [1.29, 1.82) is 0 Å². The van der Waals surface area contributed by atoms with Gasteiger partial charge in [-0.3, -0.25) is 0 Å². The lowest BCUT2D eigenvalue weighted by molar-refractivity contribution is 0.0804. The zero-order valence-corrected chi connectivity index (χ0v) is 6.23. The molecule has 2 heteroatoms. The molecular formula is C6H9BrO. The van der Waals surface area contributed by atoms with Crippen LogP contribution < -0.4 is 0 Å². The Bertz CT molecular complexity index is 92.7. The number of ether oxygens (including phenoxy) is 1. The number of halogens is 1. The molecule has 46 valence electrons. The molecule has 1 aliphatic carbocycles. The van der Waals surface area contributed by atoms with Gasteiger partial charge in [0.2, 0.25) is 0 Å². The predicted octanol–water partition coefficient (Wildman–Crippen LogP) is 1.56. The molecule has 2 rings (SSSR count). The van der Waals surface area contributed by atoms with Gasteiger partial charge >= 0.3 is 0 Å². The highest BCUT2D eigenvalue weighted by Crippen LogP contribution is 2.46. The van der Waals surface area contributed by atoms with Crippen LogP contribution in [0.15, 0.2) is 0 Å². The molecule has 0 unspecified atom stereocenters. The molecule has 1 saturated carbocycles. The van der Waals surface area contributed by atoms with Crippen LogP contribution in [0.1, 0.15) is 12.8 Å². The van der Waals surface area contributed by atoms with E-state index in [-0.39, 0.29) is 0 Å². The van der Waals surface area contributed by atoms with Crippen molar-refractivity contribution in [3.8, 4) is 0 Å². The first kappa shape index (κ1) is 5.24. The second-order valence-corrected chi connectivity index (χ2v) is 3.64. The zero-order chi connectivity index (χ0) is 5.56. The lowest BCUT2D eigenvalue weighted by atomic mass is 10.2. The summed E-state index contributed by atoms with van der Waals surface area (Å²) in [5.74, 6) is 0.865. The van der Waals surface area contributed by atoms with Crippen LogP contribution in [0, 0.1) is 5.92 Å². The molecule has 1 aliphatic heterocycles. The van der Waals surface area contributed by atoms with Crippen molar-refractivity contribution in [2.75, 3.05) is 6.61 Å². The molecule has 0 aromatic carbocycles. The molecule has 1 heterocycles. The molecule has 3 atom stereocenters. The minimum atomic E-state index is 0.587. The van der Waals surface area contributed by atoms with Gasteiger partial charge in [0.15, 0.2) is 0 Å². The molecule has 8 heavy (non-hydrogen) atoms. The van der Waals surface area contributed by atoms with Gasteiger partial charge < -0.3 is 4.74 Å². The van der Waals surface area contributed by atoms with Gasteiger partial charge in [-0.05, 0) is 12.8 Å². The fourth-order valence-corrected chi connectivity index (χ4v) is 2.31. The van der Waals surface area contributed by atoms with Gasteiger partial charge in [-0.25, -0.2) is 0 Å². The molecule has 0 bridgehead atoms. The molecule has 0 aromatic rings. The average molecular weight is 177 g/mol. The van der Waals surface area contributed by atoms with E-state index in [4.69, 9.17) is 4.74 Å². The summed E-state index contributed by atoms with van der Waals surface area (Å²) in [6.07, 6.45) is 3.23. The fraction of sp³-hybridized carbons (Fsp3) is 1.00. The summed E-state index contributed by atoms with van der Waals surface area (Å²) in [5.41, 5.74) is 0. The molecule has 0 amide bonds. The monoisotopic (exact) mass is 176 g/mol. The van der Waals surface area contributed by atoms with Crippen molar-refractivity contribution < 1.29 is 4.74 Å². The smallest absolute Gasteiger partial charge is 0.0743 e. The van der Waals surface area contributed by atoms with E-state index in [1.165, 1.54) is 12.8 Å². The highest BCUT2D eigenvalue weighted by Gasteiger charge is 2.50. The lowest BCUT2D eigenvalue weighted by Gasteiger charge is -2.07. The van der Waals surface area contributed by atoms with E-state index < -0.39 is 0 Å². The Morgan fingerprint density at radius 3 is 2.88 bits per heavy atom. The topological polar surface area (TPSA) is 9.23 Å². The van der Waals surface area contributed by atoms with Crippen molar-refractivity contribution in [3.63, 3.8) is 0 Å². The van der Waals surface area contributed by atoms with Crippen molar-refractivity contribution in [2.45, 2.75) is 23.8 Å². The van der Waals surface area contributed by atoms with Crippen molar-refractivity contribution in [2.24, 2.45) is 5.92 Å². The van der Waals surface area contributed by atoms with Crippen LogP contribution >= 0.6 is 15.9 Å². The third-order valence-electron chi connectivity index (χ3n) is 2.00. The Morgan fingerprint density at radius 1 is 1.50 bits per heavy atom. The average Bonchev–Trinajstić information content (AvgIpc) is 2.46. The first-order valence-corrected chi connectivity index (χ1v) is 4.07. The third-order valence-corrected chi connectivity index (χ3v) is 3.20. The molecule has 0 aromatic heterocycles. The fourth-order valence-electron chi connectivity index (χ4n) is 1.38. The van der Waals surface area contributed by atoms with Crippen LogP contribution in [0.4, 0.5) is 0 Å². The van der Waals surface area contributed by atoms with Gasteiger partial charge in [-0.1, -0.05) is 15.9 Å². The second kappa shape index (κ2) is 1.71. The Balaban J connectivity index is 1.97. The molecule has 1 nitrogen and oxygen atoms in total. The van der Waals surface area contributed by atoms with Gasteiger partial charge in [0, 0.05) is 17.4 Å². The van der Waals surface area contributed by atoms with Crippen LogP contribution in [0.25, 0.3) is 0 Å². The Labute approximate surface area is 57.5 Å². The van der Waals surface area contributed by atoms with E-state index in [0.29, 0.717) is 10.9 Å². The van der Waals surface area contributed by atoms with Crippen molar-refractivity contribution >= 4 is 15.9 Å². The van der Waals surface area contributed by atoms with E-state index >= 15 is 0 Å². The predicted molar refractivity (Wildman–Crippen MR) is 35.2 cm³/mol. The molecule has 0 N–H and O–H groups in total. The minimum absolute atomic E-state index is 0.587. The highest BCUT2D eigenvalue weighted by atomic mass is 79.9. The molecule has 0 spiro atoms. The van der Waals surface area contributed by atoms with Gasteiger partial charge in [0.25, 0.3) is 0 Å². The summed E-state index contributed by atoms with van der Waals surface area (Å²) in [6.45, 7) is 0.989. The second-order valence-electron chi connectivity index (χ2n) is 2.59. The van der Waals surface area contributed by atoms with E-state index in [2.05, 4.69) is 15.9 Å². The highest BCUT2D eigenvalue weighted by molar-refractivity contribution is 9.09. The molecule has 1 saturated heterocycles. The number of rotatable bonds is 0. The Hall–Kier alpha value is 0.440. The van der Waals surface area contributed by atoms with Gasteiger partial charge in [-0.2, -0.15) is 0 Å². The van der Waals surface area contributed by atoms with Crippen molar-refractivity contribution in [1.82, 2.24) is 0 Å². The third kappa shape index (κ3) is 0.627. The first-order chi connectivity index (χ1) is 3.89. The summed E-state index contributed by atoms with van der Waals surface area (Å²) in [4.78, 5) is 0.699. The Morgan fingerprint density at radius 2 is 2.38 bits per heavy atom. The molecular weight excluding hydrogens is 168 g/mol. The normalized spacial score (nSPS) is 52.9. The van der Waals surface area contributed by atoms with E-state index in [9.17, 15) is 0 Å². The molecule has 2 fully saturated rings. The number of hydrogen-bond acceptors (Lipinski definition) is 1. The van der Waals surface area contributed by atoms with E-state index in [1.807, 2.05) is 0 Å². The number of fused-ring (bicyclic) bond motifs is 1. The summed E-state index contributed by atoms with van der Waals surface area (Å²) in [5, 5.41) is 0. The molecule has 0 radical (unpaired) electrons. The first-order valence-electron chi connectivity index (χ1n) is 3.15. The largest absolute Gasteiger partial charge is 0.377 e. The van der Waals surface area contributed by atoms with Gasteiger partial charge in [0.1, 0.15) is 0 Å². The maximum atomic E-state index is 5.42. The number of alkyl halides is 1. The van der Waals surface area contributed by atoms with Crippen LogP contribution in [0.2, 0.25) is 0 Å². The lowest BCUT2D eigenvalue weighted by Crippen LogP contribution is -2.05. The van der Waals surface area contributed by atoms with Crippen molar-refractivity contribution in [3.05, 3.63) is 0 Å². The SMILES string of the molecule is Br[C@@H]1[C@H]2CCCO[C@@H]12. The summed E-state index contributed by atoms with van der Waals surface area (Å²) in [6, 6.07) is 0.